The van der Waals surface area contributed by atoms with Gasteiger partial charge in [-0.3, -0.25) is 0 Å². The third-order valence-electron chi connectivity index (χ3n) is 6.17. The zero-order chi connectivity index (χ0) is 13.7. The number of rotatable bonds is 4. The van der Waals surface area contributed by atoms with Crippen LogP contribution in [0.2, 0.25) is 0 Å². The van der Waals surface area contributed by atoms with Crippen molar-refractivity contribution < 1.29 is 4.52 Å². The molecule has 0 radical (unpaired) electrons. The minimum atomic E-state index is 0.364. The van der Waals surface area contributed by atoms with Crippen LogP contribution >= 0.6 is 0 Å². The minimum absolute atomic E-state index is 0.364. The predicted octanol–water partition coefficient (Wildman–Crippen LogP) is 3.34. The van der Waals surface area contributed by atoms with Gasteiger partial charge in [-0.2, -0.15) is 0 Å². The van der Waals surface area contributed by atoms with Gasteiger partial charge in [-0.1, -0.05) is 5.16 Å². The Morgan fingerprint density at radius 2 is 1.75 bits per heavy atom. The summed E-state index contributed by atoms with van der Waals surface area (Å²) in [6.45, 7) is 2.95. The molecule has 20 heavy (non-hydrogen) atoms. The number of aromatic nitrogens is 1. The van der Waals surface area contributed by atoms with Gasteiger partial charge in [0, 0.05) is 17.4 Å². The average Bonchev–Trinajstić information content (AvgIpc) is 2.77. The number of aryl methyl sites for hydroxylation is 1. The molecule has 4 saturated carbocycles. The van der Waals surface area contributed by atoms with Crippen LogP contribution in [0.5, 0.6) is 0 Å². The van der Waals surface area contributed by atoms with Crippen molar-refractivity contribution >= 4 is 0 Å². The van der Waals surface area contributed by atoms with Crippen LogP contribution in [0.15, 0.2) is 4.52 Å². The summed E-state index contributed by atoms with van der Waals surface area (Å²) in [4.78, 5) is 0. The normalized spacial score (nSPS) is 38.6. The van der Waals surface area contributed by atoms with Crippen LogP contribution < -0.4 is 5.73 Å². The second-order valence-corrected chi connectivity index (χ2v) is 7.67. The van der Waals surface area contributed by atoms with E-state index in [1.807, 2.05) is 0 Å². The molecule has 0 spiro atoms. The fraction of sp³-hybridized carbons (Fsp3) is 0.824. The van der Waals surface area contributed by atoms with Crippen LogP contribution in [0.3, 0.4) is 0 Å². The summed E-state index contributed by atoms with van der Waals surface area (Å²) in [5.41, 5.74) is 8.62. The molecule has 0 atom stereocenters. The molecule has 1 aromatic rings. The molecular weight excluding hydrogens is 248 g/mol. The highest BCUT2D eigenvalue weighted by Gasteiger charge is 2.53. The predicted molar refractivity (Wildman–Crippen MR) is 78.5 cm³/mol. The summed E-state index contributed by atoms with van der Waals surface area (Å²) in [5.74, 6) is 3.97. The molecule has 3 heteroatoms. The van der Waals surface area contributed by atoms with Crippen molar-refractivity contribution in [1.82, 2.24) is 5.16 Å². The fourth-order valence-corrected chi connectivity index (χ4v) is 5.76. The molecule has 3 nitrogen and oxygen atoms in total. The van der Waals surface area contributed by atoms with Gasteiger partial charge < -0.3 is 10.3 Å². The molecule has 4 bridgehead atoms. The van der Waals surface area contributed by atoms with Gasteiger partial charge in [0.2, 0.25) is 0 Å². The van der Waals surface area contributed by atoms with E-state index in [0.29, 0.717) is 5.41 Å². The molecule has 4 aliphatic rings. The van der Waals surface area contributed by atoms with Crippen molar-refractivity contribution in [2.45, 2.75) is 63.7 Å². The van der Waals surface area contributed by atoms with Crippen LogP contribution in [0, 0.1) is 24.7 Å². The topological polar surface area (TPSA) is 52.0 Å². The van der Waals surface area contributed by atoms with Crippen molar-refractivity contribution in [3.63, 3.8) is 0 Å². The Hall–Kier alpha value is -0.830. The monoisotopic (exact) mass is 274 g/mol. The summed E-state index contributed by atoms with van der Waals surface area (Å²) in [7, 11) is 0. The third-order valence-corrected chi connectivity index (χ3v) is 6.17. The summed E-state index contributed by atoms with van der Waals surface area (Å²) < 4.78 is 5.68. The molecule has 110 valence electrons. The van der Waals surface area contributed by atoms with Crippen molar-refractivity contribution in [3.05, 3.63) is 17.0 Å². The number of nitrogens with two attached hydrogens (primary N) is 1. The Bertz CT molecular complexity index is 470. The Morgan fingerprint density at radius 1 is 1.15 bits per heavy atom. The third kappa shape index (κ3) is 1.86. The van der Waals surface area contributed by atoms with E-state index in [9.17, 15) is 0 Å². The Kier molecular flexibility index (Phi) is 2.95. The van der Waals surface area contributed by atoms with Gasteiger partial charge in [-0.25, -0.2) is 0 Å². The van der Waals surface area contributed by atoms with E-state index < -0.39 is 0 Å². The Balaban J connectivity index is 1.65. The Labute approximate surface area is 121 Å². The van der Waals surface area contributed by atoms with Crippen LogP contribution in [0.1, 0.15) is 62.0 Å². The van der Waals surface area contributed by atoms with Crippen molar-refractivity contribution in [1.29, 1.82) is 0 Å². The molecule has 0 unspecified atom stereocenters. The molecule has 0 aliphatic heterocycles. The summed E-state index contributed by atoms with van der Waals surface area (Å²) in [5, 5.41) is 4.54. The van der Waals surface area contributed by atoms with Crippen LogP contribution in [0.25, 0.3) is 0 Å². The molecule has 0 amide bonds. The smallest absolute Gasteiger partial charge is 0.139 e. The van der Waals surface area contributed by atoms with E-state index in [1.54, 1.807) is 0 Å². The maximum Gasteiger partial charge on any atom is 0.139 e. The van der Waals surface area contributed by atoms with Crippen molar-refractivity contribution in [3.8, 4) is 0 Å². The van der Waals surface area contributed by atoms with Gasteiger partial charge in [0.15, 0.2) is 0 Å². The molecule has 2 N–H and O–H groups in total. The van der Waals surface area contributed by atoms with Crippen LogP contribution in [-0.4, -0.2) is 11.7 Å². The number of nitrogens with zero attached hydrogens (tertiary/aromatic N) is 1. The maximum atomic E-state index is 5.68. The van der Waals surface area contributed by atoms with Crippen LogP contribution in [-0.2, 0) is 11.8 Å². The quantitative estimate of drug-likeness (QED) is 0.916. The van der Waals surface area contributed by atoms with E-state index in [-0.39, 0.29) is 0 Å². The number of hydrogen-bond acceptors (Lipinski definition) is 3. The van der Waals surface area contributed by atoms with E-state index in [0.717, 1.165) is 42.9 Å². The highest BCUT2D eigenvalue weighted by molar-refractivity contribution is 5.31. The molecule has 4 fully saturated rings. The lowest BCUT2D eigenvalue weighted by Gasteiger charge is -2.56. The summed E-state index contributed by atoms with van der Waals surface area (Å²) in [6, 6.07) is 0. The van der Waals surface area contributed by atoms with E-state index in [4.69, 9.17) is 10.3 Å². The first kappa shape index (κ1) is 12.9. The second kappa shape index (κ2) is 4.59. The van der Waals surface area contributed by atoms with Gasteiger partial charge in [0.1, 0.15) is 5.76 Å². The first-order chi connectivity index (χ1) is 9.70. The molecule has 5 rings (SSSR count). The molecule has 0 saturated heterocycles. The highest BCUT2D eigenvalue weighted by atomic mass is 16.5. The lowest BCUT2D eigenvalue weighted by molar-refractivity contribution is -0.00871. The van der Waals surface area contributed by atoms with Crippen LogP contribution in [0.4, 0.5) is 0 Å². The van der Waals surface area contributed by atoms with Gasteiger partial charge in [0.25, 0.3) is 0 Å². The second-order valence-electron chi connectivity index (χ2n) is 7.67. The lowest BCUT2D eigenvalue weighted by Crippen LogP contribution is -2.49. The Morgan fingerprint density at radius 3 is 2.30 bits per heavy atom. The fourth-order valence-electron chi connectivity index (χ4n) is 5.76. The van der Waals surface area contributed by atoms with Gasteiger partial charge in [-0.15, -0.1) is 0 Å². The largest absolute Gasteiger partial charge is 0.361 e. The van der Waals surface area contributed by atoms with Gasteiger partial charge >= 0.3 is 0 Å². The molecule has 1 aromatic heterocycles. The minimum Gasteiger partial charge on any atom is -0.361 e. The average molecular weight is 274 g/mol. The highest BCUT2D eigenvalue weighted by Crippen LogP contribution is 2.60. The SMILES string of the molecule is Cc1c(C23CC4CC(CC(C4)C2)C3)noc1CCCN. The summed E-state index contributed by atoms with van der Waals surface area (Å²) in [6.07, 6.45) is 10.5. The zero-order valence-corrected chi connectivity index (χ0v) is 12.5. The molecular formula is C17H26N2O. The molecule has 4 aliphatic carbocycles. The van der Waals surface area contributed by atoms with E-state index in [2.05, 4.69) is 12.1 Å². The molecule has 1 heterocycles. The first-order valence-corrected chi connectivity index (χ1v) is 8.36. The van der Waals surface area contributed by atoms with E-state index in [1.165, 1.54) is 49.8 Å². The van der Waals surface area contributed by atoms with Gasteiger partial charge in [-0.05, 0) is 76.2 Å². The zero-order valence-electron chi connectivity index (χ0n) is 12.5. The summed E-state index contributed by atoms with van der Waals surface area (Å²) >= 11 is 0. The van der Waals surface area contributed by atoms with Crippen molar-refractivity contribution in [2.24, 2.45) is 23.5 Å². The number of hydrogen-bond donors (Lipinski definition) is 1. The molecule has 0 aromatic carbocycles. The lowest BCUT2D eigenvalue weighted by atomic mass is 9.48. The van der Waals surface area contributed by atoms with Gasteiger partial charge in [0.05, 0.1) is 5.69 Å². The first-order valence-electron chi connectivity index (χ1n) is 8.36. The maximum absolute atomic E-state index is 5.68. The standard InChI is InChI=1S/C17H26N2O/c1-11-15(3-2-4-18)20-19-16(11)17-8-12-5-13(9-17)7-14(6-12)10-17/h12-14H,2-10,18H2,1H3. The van der Waals surface area contributed by atoms with E-state index >= 15 is 0 Å². The van der Waals surface area contributed by atoms with Crippen molar-refractivity contribution in [2.75, 3.05) is 6.54 Å².